The molecule has 0 aliphatic carbocycles. The largest absolute Gasteiger partial charge is 0.466 e. The van der Waals surface area contributed by atoms with Gasteiger partial charge >= 0.3 is 0 Å². The molecule has 0 radical (unpaired) electrons. The highest BCUT2D eigenvalue weighted by molar-refractivity contribution is 7.07. The summed E-state index contributed by atoms with van der Waals surface area (Å²) in [5.41, 5.74) is 0. The van der Waals surface area contributed by atoms with Crippen molar-refractivity contribution in [2.24, 2.45) is 0 Å². The van der Waals surface area contributed by atoms with E-state index in [1.54, 1.807) is 0 Å². The zero-order chi connectivity index (χ0) is 9.10. The lowest BCUT2D eigenvalue weighted by molar-refractivity contribution is 0.161. The van der Waals surface area contributed by atoms with Gasteiger partial charge in [-0.2, -0.15) is 9.36 Å². The van der Waals surface area contributed by atoms with Crippen LogP contribution in [0.5, 0.6) is 5.19 Å². The van der Waals surface area contributed by atoms with Crippen molar-refractivity contribution < 1.29 is 4.74 Å². The molecule has 1 fully saturated rings. The first-order valence-corrected chi connectivity index (χ1v) is 5.29. The summed E-state index contributed by atoms with van der Waals surface area (Å²) in [5.74, 6) is 0.800. The first kappa shape index (κ1) is 11.7. The fourth-order valence-electron chi connectivity index (χ4n) is 1.38. The van der Waals surface area contributed by atoms with Crippen molar-refractivity contribution in [3.05, 3.63) is 5.82 Å². The lowest BCUT2D eigenvalue weighted by Gasteiger charge is -2.21. The molecular formula is C8H14ClN3OS. The van der Waals surface area contributed by atoms with Crippen molar-refractivity contribution in [3.63, 3.8) is 0 Å². The molecule has 0 saturated carbocycles. The van der Waals surface area contributed by atoms with E-state index in [1.807, 2.05) is 6.92 Å². The van der Waals surface area contributed by atoms with Crippen LogP contribution in [0, 0.1) is 6.92 Å². The molecule has 1 aliphatic rings. The molecule has 0 atom stereocenters. The predicted molar refractivity (Wildman–Crippen MR) is 58.4 cm³/mol. The second kappa shape index (κ2) is 5.48. The van der Waals surface area contributed by atoms with E-state index >= 15 is 0 Å². The summed E-state index contributed by atoms with van der Waals surface area (Å²) >= 11 is 1.34. The number of hydrogen-bond acceptors (Lipinski definition) is 5. The highest BCUT2D eigenvalue weighted by atomic mass is 35.5. The molecule has 2 heterocycles. The number of aromatic nitrogens is 2. The van der Waals surface area contributed by atoms with Crippen LogP contribution in [0.1, 0.15) is 18.7 Å². The zero-order valence-corrected chi connectivity index (χ0v) is 9.66. The molecule has 14 heavy (non-hydrogen) atoms. The van der Waals surface area contributed by atoms with E-state index in [1.165, 1.54) is 11.5 Å². The van der Waals surface area contributed by atoms with Crippen molar-refractivity contribution in [1.29, 1.82) is 0 Å². The maximum atomic E-state index is 5.68. The Hall–Kier alpha value is -0.390. The van der Waals surface area contributed by atoms with Crippen molar-refractivity contribution in [3.8, 4) is 5.19 Å². The number of aryl methyl sites for hydroxylation is 1. The smallest absolute Gasteiger partial charge is 0.293 e. The number of halogens is 1. The van der Waals surface area contributed by atoms with E-state index in [2.05, 4.69) is 14.7 Å². The molecule has 1 aromatic rings. The Morgan fingerprint density at radius 3 is 2.71 bits per heavy atom. The fraction of sp³-hybridized carbons (Fsp3) is 0.750. The van der Waals surface area contributed by atoms with E-state index in [4.69, 9.17) is 4.74 Å². The van der Waals surface area contributed by atoms with E-state index in [0.717, 1.165) is 31.8 Å². The van der Waals surface area contributed by atoms with Gasteiger partial charge in [-0.3, -0.25) is 0 Å². The van der Waals surface area contributed by atoms with E-state index in [0.29, 0.717) is 11.3 Å². The van der Waals surface area contributed by atoms with E-state index in [-0.39, 0.29) is 12.4 Å². The monoisotopic (exact) mass is 235 g/mol. The maximum absolute atomic E-state index is 5.68. The first-order chi connectivity index (χ1) is 6.34. The SMILES string of the molecule is Cc1nsc(OC2CCNCC2)n1.Cl. The lowest BCUT2D eigenvalue weighted by atomic mass is 10.1. The molecule has 1 N–H and O–H groups in total. The van der Waals surface area contributed by atoms with Crippen LogP contribution in [-0.4, -0.2) is 28.6 Å². The Labute approximate surface area is 93.7 Å². The minimum atomic E-state index is 0. The van der Waals surface area contributed by atoms with Crippen molar-refractivity contribution >= 4 is 23.9 Å². The number of hydrogen-bond donors (Lipinski definition) is 1. The summed E-state index contributed by atoms with van der Waals surface area (Å²) in [6, 6.07) is 0. The molecule has 0 bridgehead atoms. The number of piperidine rings is 1. The highest BCUT2D eigenvalue weighted by Gasteiger charge is 2.15. The quantitative estimate of drug-likeness (QED) is 0.842. The Morgan fingerprint density at radius 1 is 1.43 bits per heavy atom. The molecule has 0 spiro atoms. The summed E-state index contributed by atoms with van der Waals surface area (Å²) in [4.78, 5) is 4.17. The second-order valence-corrected chi connectivity index (χ2v) is 3.89. The second-order valence-electron chi connectivity index (χ2n) is 3.17. The first-order valence-electron chi connectivity index (χ1n) is 4.52. The zero-order valence-electron chi connectivity index (χ0n) is 8.02. The summed E-state index contributed by atoms with van der Waals surface area (Å²) in [7, 11) is 0. The predicted octanol–water partition coefficient (Wildman–Crippen LogP) is 1.40. The summed E-state index contributed by atoms with van der Waals surface area (Å²) in [5, 5.41) is 4.01. The standard InChI is InChI=1S/C8H13N3OS.ClH/c1-6-10-8(13-11-6)12-7-2-4-9-5-3-7;/h7,9H,2-5H2,1H3;1H. The highest BCUT2D eigenvalue weighted by Crippen LogP contribution is 2.18. The topological polar surface area (TPSA) is 47.0 Å². The Morgan fingerprint density at radius 2 is 2.14 bits per heavy atom. The van der Waals surface area contributed by atoms with Crippen molar-refractivity contribution in [1.82, 2.24) is 14.7 Å². The van der Waals surface area contributed by atoms with Crippen LogP contribution in [0.15, 0.2) is 0 Å². The number of nitrogens with zero attached hydrogens (tertiary/aromatic N) is 2. The van der Waals surface area contributed by atoms with Gasteiger partial charge in [0.25, 0.3) is 5.19 Å². The molecule has 0 unspecified atom stereocenters. The third-order valence-electron chi connectivity index (χ3n) is 2.06. The van der Waals surface area contributed by atoms with E-state index < -0.39 is 0 Å². The van der Waals surface area contributed by atoms with Crippen LogP contribution in [0.25, 0.3) is 0 Å². The normalized spacial score (nSPS) is 17.5. The Bertz CT molecular complexity index is 275. The Kier molecular flexibility index (Phi) is 4.57. The van der Waals surface area contributed by atoms with Gasteiger partial charge in [0.1, 0.15) is 11.9 Å². The lowest BCUT2D eigenvalue weighted by Crippen LogP contribution is -2.34. The van der Waals surface area contributed by atoms with Crippen LogP contribution in [0.4, 0.5) is 0 Å². The minimum absolute atomic E-state index is 0. The van der Waals surface area contributed by atoms with Crippen LogP contribution < -0.4 is 10.1 Å². The van der Waals surface area contributed by atoms with Gasteiger partial charge < -0.3 is 10.1 Å². The molecule has 0 amide bonds. The van der Waals surface area contributed by atoms with Gasteiger partial charge in [-0.05, 0) is 32.9 Å². The van der Waals surface area contributed by atoms with Gasteiger partial charge in [0.2, 0.25) is 0 Å². The number of ether oxygens (including phenoxy) is 1. The summed E-state index contributed by atoms with van der Waals surface area (Å²) in [6.45, 7) is 3.97. The summed E-state index contributed by atoms with van der Waals surface area (Å²) in [6.07, 6.45) is 2.46. The van der Waals surface area contributed by atoms with Gasteiger partial charge in [0, 0.05) is 11.5 Å². The molecule has 6 heteroatoms. The van der Waals surface area contributed by atoms with Crippen LogP contribution >= 0.6 is 23.9 Å². The molecule has 80 valence electrons. The van der Waals surface area contributed by atoms with Crippen molar-refractivity contribution in [2.75, 3.05) is 13.1 Å². The molecule has 4 nitrogen and oxygen atoms in total. The average molecular weight is 236 g/mol. The number of nitrogens with one attached hydrogen (secondary N) is 1. The van der Waals surface area contributed by atoms with Gasteiger partial charge in [0.15, 0.2) is 0 Å². The van der Waals surface area contributed by atoms with E-state index in [9.17, 15) is 0 Å². The Balaban J connectivity index is 0.000000980. The maximum Gasteiger partial charge on any atom is 0.293 e. The third kappa shape index (κ3) is 3.08. The van der Waals surface area contributed by atoms with Crippen LogP contribution in [0.2, 0.25) is 0 Å². The molecule has 1 aromatic heterocycles. The average Bonchev–Trinajstić information content (AvgIpc) is 2.53. The number of rotatable bonds is 2. The molecule has 0 aromatic carbocycles. The van der Waals surface area contributed by atoms with Gasteiger partial charge in [0.05, 0.1) is 0 Å². The third-order valence-corrected chi connectivity index (χ3v) is 2.76. The molecule has 1 aliphatic heterocycles. The molecule has 2 rings (SSSR count). The van der Waals surface area contributed by atoms with Gasteiger partial charge in [-0.15, -0.1) is 12.4 Å². The van der Waals surface area contributed by atoms with Crippen LogP contribution in [-0.2, 0) is 0 Å². The minimum Gasteiger partial charge on any atom is -0.466 e. The fourth-order valence-corrected chi connectivity index (χ4v) is 1.98. The van der Waals surface area contributed by atoms with Crippen molar-refractivity contribution in [2.45, 2.75) is 25.9 Å². The van der Waals surface area contributed by atoms with Gasteiger partial charge in [-0.1, -0.05) is 0 Å². The van der Waals surface area contributed by atoms with Crippen LogP contribution in [0.3, 0.4) is 0 Å². The molecular weight excluding hydrogens is 222 g/mol. The van der Waals surface area contributed by atoms with Gasteiger partial charge in [-0.25, -0.2) is 0 Å². The summed E-state index contributed by atoms with van der Waals surface area (Å²) < 4.78 is 9.75. The molecule has 1 saturated heterocycles.